The quantitative estimate of drug-likeness (QED) is 0.626. The van der Waals surface area contributed by atoms with Gasteiger partial charge < -0.3 is 0 Å². The second-order valence-corrected chi connectivity index (χ2v) is 20.1. The van der Waals surface area contributed by atoms with Crippen molar-refractivity contribution in [2.24, 2.45) is 0 Å². The predicted octanol–water partition coefficient (Wildman–Crippen LogP) is 4.00. The minimum atomic E-state index is -2.44. The third-order valence-corrected chi connectivity index (χ3v) is 8.09. The van der Waals surface area contributed by atoms with E-state index in [2.05, 4.69) is 82.6 Å². The zero-order chi connectivity index (χ0) is 15.7. The topological polar surface area (TPSA) is 43.6 Å². The SMILES string of the molecule is Cc1ccc(-c2ccccc2)c(-c2nnn[n]2[Sn]([CH3])([CH3])[CH3])c1. The normalized spacial score (nSPS) is 11.6. The number of nitrogens with zero attached hydrogens (tertiary/aromatic N) is 4. The van der Waals surface area contributed by atoms with Crippen LogP contribution in [0.15, 0.2) is 48.5 Å². The second kappa shape index (κ2) is 5.83. The summed E-state index contributed by atoms with van der Waals surface area (Å²) in [6.07, 6.45) is 0. The van der Waals surface area contributed by atoms with Crippen molar-refractivity contribution in [3.8, 4) is 22.5 Å². The van der Waals surface area contributed by atoms with Gasteiger partial charge in [-0.05, 0) is 0 Å². The fraction of sp³-hybridized carbons (Fsp3) is 0.235. The van der Waals surface area contributed by atoms with Crippen molar-refractivity contribution < 1.29 is 0 Å². The maximum absolute atomic E-state index is 4.33. The first-order valence-electron chi connectivity index (χ1n) is 7.42. The number of hydrogen-bond donors (Lipinski definition) is 0. The Morgan fingerprint density at radius 3 is 2.32 bits per heavy atom. The Hall–Kier alpha value is -1.69. The van der Waals surface area contributed by atoms with Gasteiger partial charge in [0, 0.05) is 0 Å². The van der Waals surface area contributed by atoms with Crippen LogP contribution >= 0.6 is 0 Å². The molecular weight excluding hydrogens is 379 g/mol. The second-order valence-electron chi connectivity index (χ2n) is 6.50. The van der Waals surface area contributed by atoms with E-state index < -0.39 is 18.7 Å². The number of tetrazole rings is 1. The van der Waals surface area contributed by atoms with E-state index >= 15 is 0 Å². The van der Waals surface area contributed by atoms with Gasteiger partial charge in [0.15, 0.2) is 0 Å². The van der Waals surface area contributed by atoms with Crippen LogP contribution in [0.2, 0.25) is 14.8 Å². The van der Waals surface area contributed by atoms with E-state index in [1.165, 1.54) is 16.7 Å². The average molecular weight is 399 g/mol. The first-order valence-corrected chi connectivity index (χ1v) is 17.3. The zero-order valence-electron chi connectivity index (χ0n) is 13.4. The number of benzene rings is 2. The summed E-state index contributed by atoms with van der Waals surface area (Å²) in [4.78, 5) is 6.94. The average Bonchev–Trinajstić information content (AvgIpc) is 2.97. The van der Waals surface area contributed by atoms with Crippen molar-refractivity contribution in [2.45, 2.75) is 21.7 Å². The number of aromatic nitrogens is 4. The Balaban J connectivity index is 2.24. The van der Waals surface area contributed by atoms with Gasteiger partial charge >= 0.3 is 135 Å². The first kappa shape index (κ1) is 15.2. The molecule has 0 atom stereocenters. The van der Waals surface area contributed by atoms with Gasteiger partial charge in [-0.3, -0.25) is 0 Å². The molecule has 1 aromatic heterocycles. The van der Waals surface area contributed by atoms with E-state index in [-0.39, 0.29) is 0 Å². The first-order chi connectivity index (χ1) is 10.5. The molecule has 0 aliphatic carbocycles. The van der Waals surface area contributed by atoms with Crippen molar-refractivity contribution in [2.75, 3.05) is 0 Å². The predicted molar refractivity (Wildman–Crippen MR) is 92.2 cm³/mol. The van der Waals surface area contributed by atoms with Gasteiger partial charge in [-0.15, -0.1) is 0 Å². The van der Waals surface area contributed by atoms with E-state index in [1.54, 1.807) is 0 Å². The summed E-state index contributed by atoms with van der Waals surface area (Å²) in [6, 6.07) is 16.9. The molecule has 0 radical (unpaired) electrons. The molecular formula is C17H20N4Sn. The van der Waals surface area contributed by atoms with E-state index in [4.69, 9.17) is 0 Å². The van der Waals surface area contributed by atoms with E-state index in [9.17, 15) is 0 Å². The summed E-state index contributed by atoms with van der Waals surface area (Å²) < 4.78 is 2.09. The summed E-state index contributed by atoms with van der Waals surface area (Å²) in [5, 5.41) is 12.6. The minimum absolute atomic E-state index is 0.894. The Bertz CT molecular complexity index is 788. The molecule has 2 aromatic carbocycles. The number of rotatable bonds is 3. The van der Waals surface area contributed by atoms with Crippen molar-refractivity contribution >= 4 is 18.7 Å². The van der Waals surface area contributed by atoms with Gasteiger partial charge in [0.25, 0.3) is 0 Å². The molecule has 0 unspecified atom stereocenters. The molecule has 0 saturated heterocycles. The molecule has 0 N–H and O–H groups in total. The van der Waals surface area contributed by atoms with Crippen LogP contribution in [0.25, 0.3) is 22.5 Å². The van der Waals surface area contributed by atoms with Gasteiger partial charge in [-0.2, -0.15) is 0 Å². The summed E-state index contributed by atoms with van der Waals surface area (Å²) in [5.41, 5.74) is 4.70. The molecule has 22 heavy (non-hydrogen) atoms. The van der Waals surface area contributed by atoms with Crippen molar-refractivity contribution in [1.82, 2.24) is 18.4 Å². The Morgan fingerprint density at radius 1 is 0.909 bits per heavy atom. The van der Waals surface area contributed by atoms with Crippen molar-refractivity contribution in [3.63, 3.8) is 0 Å². The van der Waals surface area contributed by atoms with Crippen LogP contribution in [0.5, 0.6) is 0 Å². The van der Waals surface area contributed by atoms with E-state index in [0.717, 1.165) is 11.4 Å². The summed E-state index contributed by atoms with van der Waals surface area (Å²) in [5.74, 6) is 0.894. The van der Waals surface area contributed by atoms with Crippen LogP contribution in [0.4, 0.5) is 0 Å². The van der Waals surface area contributed by atoms with Crippen molar-refractivity contribution in [1.29, 1.82) is 0 Å². The molecule has 0 aliphatic heterocycles. The van der Waals surface area contributed by atoms with Crippen LogP contribution in [0.1, 0.15) is 5.56 Å². The molecule has 0 aliphatic rings. The number of hydrogen-bond acceptors (Lipinski definition) is 3. The molecule has 4 nitrogen and oxygen atoms in total. The van der Waals surface area contributed by atoms with Crippen LogP contribution < -0.4 is 0 Å². The standard InChI is InChI=1S/C14H11N4.3CH3.Sn/c1-10-7-8-12(11-5-3-2-4-6-11)13(9-10)14-15-17-18-16-14;;;;/h2-9H,1H3;3*1H3;/q-1;;;;+1. The monoisotopic (exact) mass is 400 g/mol. The van der Waals surface area contributed by atoms with Crippen LogP contribution in [0.3, 0.4) is 0 Å². The van der Waals surface area contributed by atoms with E-state index in [1.807, 2.05) is 6.07 Å². The summed E-state index contributed by atoms with van der Waals surface area (Å²) >= 11 is -2.44. The van der Waals surface area contributed by atoms with Crippen molar-refractivity contribution in [3.05, 3.63) is 54.1 Å². The molecule has 0 amide bonds. The summed E-state index contributed by atoms with van der Waals surface area (Å²) in [6.45, 7) is 2.10. The molecule has 0 fully saturated rings. The molecule has 0 saturated carbocycles. The maximum atomic E-state index is 4.33. The Labute approximate surface area is 135 Å². The third kappa shape index (κ3) is 2.92. The van der Waals surface area contributed by atoms with Gasteiger partial charge in [-0.1, -0.05) is 0 Å². The fourth-order valence-electron chi connectivity index (χ4n) is 2.52. The van der Waals surface area contributed by atoms with Crippen LogP contribution in [0, 0.1) is 6.92 Å². The zero-order valence-corrected chi connectivity index (χ0v) is 16.3. The van der Waals surface area contributed by atoms with Crippen LogP contribution in [-0.2, 0) is 0 Å². The third-order valence-electron chi connectivity index (χ3n) is 3.61. The molecule has 0 spiro atoms. The molecule has 3 aromatic rings. The van der Waals surface area contributed by atoms with Crippen LogP contribution in [-0.4, -0.2) is 37.1 Å². The molecule has 5 heteroatoms. The van der Waals surface area contributed by atoms with Gasteiger partial charge in [0.1, 0.15) is 0 Å². The molecule has 1 heterocycles. The molecule has 3 rings (SSSR count). The number of aryl methyl sites for hydroxylation is 1. The molecule has 0 bridgehead atoms. The Morgan fingerprint density at radius 2 is 1.64 bits per heavy atom. The Kier molecular flexibility index (Phi) is 4.03. The van der Waals surface area contributed by atoms with Gasteiger partial charge in [0.2, 0.25) is 0 Å². The fourth-order valence-corrected chi connectivity index (χ4v) is 5.68. The van der Waals surface area contributed by atoms with Gasteiger partial charge in [0.05, 0.1) is 0 Å². The van der Waals surface area contributed by atoms with Gasteiger partial charge in [-0.25, -0.2) is 0 Å². The molecule has 112 valence electrons. The summed E-state index contributed by atoms with van der Waals surface area (Å²) in [7, 11) is 0. The van der Waals surface area contributed by atoms with E-state index in [0.29, 0.717) is 0 Å².